The Balaban J connectivity index is 1.70. The van der Waals surface area contributed by atoms with Crippen molar-refractivity contribution in [2.24, 2.45) is 11.7 Å². The maximum Gasteiger partial charge on any atom is 0.237 e. The molecule has 0 aliphatic carbocycles. The average molecular weight is 332 g/mol. The largest absolute Gasteiger partial charge is 0.368 e. The molecule has 1 fully saturated rings. The lowest BCUT2D eigenvalue weighted by Crippen LogP contribution is -2.50. The minimum absolute atomic E-state index is 0.0844. The Hall–Kier alpha value is -2.08. The summed E-state index contributed by atoms with van der Waals surface area (Å²) in [5.74, 6) is -0.0143. The van der Waals surface area contributed by atoms with E-state index in [1.807, 2.05) is 36.9 Å². The molecule has 0 saturated carbocycles. The number of nitrogens with one attached hydrogen (secondary N) is 1. The van der Waals surface area contributed by atoms with Crippen LogP contribution >= 0.6 is 0 Å². The SMILES string of the molecule is CC(C)[C@H](N)C(=O)NCCC(=O)N1CCN(c2ccccc2)CC1. The van der Waals surface area contributed by atoms with E-state index in [1.54, 1.807) is 0 Å². The van der Waals surface area contributed by atoms with Gasteiger partial charge < -0.3 is 20.9 Å². The Kier molecular flexibility index (Phi) is 6.61. The number of anilines is 1. The van der Waals surface area contributed by atoms with Gasteiger partial charge in [0, 0.05) is 44.8 Å². The van der Waals surface area contributed by atoms with E-state index >= 15 is 0 Å². The fourth-order valence-corrected chi connectivity index (χ4v) is 2.72. The number of hydrogen-bond donors (Lipinski definition) is 2. The molecule has 2 rings (SSSR count). The zero-order chi connectivity index (χ0) is 17.5. The molecular formula is C18H28N4O2. The number of carbonyl (C=O) groups is 2. The second kappa shape index (κ2) is 8.68. The van der Waals surface area contributed by atoms with Crippen molar-refractivity contribution in [2.75, 3.05) is 37.6 Å². The third-order valence-electron chi connectivity index (χ3n) is 4.41. The first-order chi connectivity index (χ1) is 11.5. The summed E-state index contributed by atoms with van der Waals surface area (Å²) in [7, 11) is 0. The quantitative estimate of drug-likeness (QED) is 0.809. The number of nitrogens with zero attached hydrogens (tertiary/aromatic N) is 2. The summed E-state index contributed by atoms with van der Waals surface area (Å²) in [6.07, 6.45) is 0.321. The van der Waals surface area contributed by atoms with Gasteiger partial charge in [-0.05, 0) is 18.1 Å². The number of amides is 2. The molecule has 0 aromatic heterocycles. The van der Waals surface area contributed by atoms with Crippen LogP contribution in [-0.4, -0.2) is 55.5 Å². The first-order valence-electron chi connectivity index (χ1n) is 8.60. The Labute approximate surface area is 144 Å². The Morgan fingerprint density at radius 2 is 1.75 bits per heavy atom. The summed E-state index contributed by atoms with van der Waals surface area (Å²) in [5, 5.41) is 2.75. The summed E-state index contributed by atoms with van der Waals surface area (Å²) in [4.78, 5) is 28.2. The number of para-hydroxylation sites is 1. The van der Waals surface area contributed by atoms with Crippen LogP contribution in [0.5, 0.6) is 0 Å². The van der Waals surface area contributed by atoms with Crippen molar-refractivity contribution < 1.29 is 9.59 Å². The first-order valence-corrected chi connectivity index (χ1v) is 8.60. The third kappa shape index (κ3) is 4.96. The number of nitrogens with two attached hydrogens (primary N) is 1. The Bertz CT molecular complexity index is 539. The Morgan fingerprint density at radius 3 is 2.33 bits per heavy atom. The zero-order valence-corrected chi connectivity index (χ0v) is 14.6. The number of hydrogen-bond acceptors (Lipinski definition) is 4. The summed E-state index contributed by atoms with van der Waals surface area (Å²) >= 11 is 0. The van der Waals surface area contributed by atoms with Gasteiger partial charge in [0.1, 0.15) is 0 Å². The van der Waals surface area contributed by atoms with Crippen molar-refractivity contribution in [3.8, 4) is 0 Å². The summed E-state index contributed by atoms with van der Waals surface area (Å²) in [5.41, 5.74) is 6.97. The van der Waals surface area contributed by atoms with Crippen LogP contribution in [-0.2, 0) is 9.59 Å². The molecular weight excluding hydrogens is 304 g/mol. The fourth-order valence-electron chi connectivity index (χ4n) is 2.72. The van der Waals surface area contributed by atoms with Crippen LogP contribution in [0.15, 0.2) is 30.3 Å². The summed E-state index contributed by atoms with van der Waals surface area (Å²) in [6, 6.07) is 9.71. The molecule has 1 saturated heterocycles. The van der Waals surface area contributed by atoms with Crippen molar-refractivity contribution in [2.45, 2.75) is 26.3 Å². The molecule has 2 amide bonds. The average Bonchev–Trinajstić information content (AvgIpc) is 2.61. The van der Waals surface area contributed by atoms with E-state index in [-0.39, 0.29) is 17.7 Å². The molecule has 1 aromatic rings. The van der Waals surface area contributed by atoms with Crippen molar-refractivity contribution in [3.05, 3.63) is 30.3 Å². The van der Waals surface area contributed by atoms with Crippen LogP contribution in [0.3, 0.4) is 0 Å². The van der Waals surface area contributed by atoms with Crippen LogP contribution < -0.4 is 16.0 Å². The van der Waals surface area contributed by atoms with E-state index in [9.17, 15) is 9.59 Å². The number of piperazine rings is 1. The highest BCUT2D eigenvalue weighted by molar-refractivity contribution is 5.82. The minimum atomic E-state index is -0.519. The van der Waals surface area contributed by atoms with Gasteiger partial charge in [-0.1, -0.05) is 32.0 Å². The molecule has 0 spiro atoms. The maximum atomic E-state index is 12.3. The highest BCUT2D eigenvalue weighted by Crippen LogP contribution is 2.15. The van der Waals surface area contributed by atoms with Crippen LogP contribution in [0.1, 0.15) is 20.3 Å². The maximum absolute atomic E-state index is 12.3. The van der Waals surface area contributed by atoms with E-state index in [4.69, 9.17) is 5.73 Å². The second-order valence-corrected chi connectivity index (χ2v) is 6.51. The van der Waals surface area contributed by atoms with Crippen LogP contribution in [0.2, 0.25) is 0 Å². The molecule has 1 aliphatic rings. The van der Waals surface area contributed by atoms with Gasteiger partial charge in [0.15, 0.2) is 0 Å². The zero-order valence-electron chi connectivity index (χ0n) is 14.6. The highest BCUT2D eigenvalue weighted by Gasteiger charge is 2.22. The van der Waals surface area contributed by atoms with Gasteiger partial charge >= 0.3 is 0 Å². The predicted molar refractivity (Wildman–Crippen MR) is 95.7 cm³/mol. The molecule has 1 aliphatic heterocycles. The molecule has 1 heterocycles. The smallest absolute Gasteiger partial charge is 0.237 e. The van der Waals surface area contributed by atoms with E-state index < -0.39 is 6.04 Å². The van der Waals surface area contributed by atoms with Crippen molar-refractivity contribution in [1.29, 1.82) is 0 Å². The van der Waals surface area contributed by atoms with Gasteiger partial charge in [0.05, 0.1) is 6.04 Å². The fraction of sp³-hybridized carbons (Fsp3) is 0.556. The van der Waals surface area contributed by atoms with Gasteiger partial charge in [-0.15, -0.1) is 0 Å². The minimum Gasteiger partial charge on any atom is -0.368 e. The van der Waals surface area contributed by atoms with Crippen LogP contribution in [0.4, 0.5) is 5.69 Å². The normalized spacial score (nSPS) is 16.2. The molecule has 0 bridgehead atoms. The highest BCUT2D eigenvalue weighted by atomic mass is 16.2. The molecule has 1 atom stereocenters. The van der Waals surface area contributed by atoms with Gasteiger partial charge in [-0.25, -0.2) is 0 Å². The molecule has 6 heteroatoms. The number of rotatable bonds is 6. The summed E-state index contributed by atoms with van der Waals surface area (Å²) < 4.78 is 0. The predicted octanol–water partition coefficient (Wildman–Crippen LogP) is 0.825. The molecule has 3 N–H and O–H groups in total. The van der Waals surface area contributed by atoms with E-state index in [2.05, 4.69) is 22.3 Å². The third-order valence-corrected chi connectivity index (χ3v) is 4.41. The lowest BCUT2D eigenvalue weighted by Gasteiger charge is -2.36. The topological polar surface area (TPSA) is 78.7 Å². The van der Waals surface area contributed by atoms with Gasteiger partial charge in [-0.2, -0.15) is 0 Å². The first kappa shape index (κ1) is 18.3. The Morgan fingerprint density at radius 1 is 1.12 bits per heavy atom. The van der Waals surface area contributed by atoms with Crippen molar-refractivity contribution >= 4 is 17.5 Å². The monoisotopic (exact) mass is 332 g/mol. The van der Waals surface area contributed by atoms with Gasteiger partial charge in [-0.3, -0.25) is 9.59 Å². The van der Waals surface area contributed by atoms with Crippen molar-refractivity contribution in [3.63, 3.8) is 0 Å². The molecule has 24 heavy (non-hydrogen) atoms. The van der Waals surface area contributed by atoms with E-state index in [1.165, 1.54) is 5.69 Å². The summed E-state index contributed by atoms with van der Waals surface area (Å²) in [6.45, 7) is 7.25. The van der Waals surface area contributed by atoms with E-state index in [0.29, 0.717) is 26.1 Å². The molecule has 0 unspecified atom stereocenters. The second-order valence-electron chi connectivity index (χ2n) is 6.51. The van der Waals surface area contributed by atoms with Crippen LogP contribution in [0, 0.1) is 5.92 Å². The van der Waals surface area contributed by atoms with Crippen LogP contribution in [0.25, 0.3) is 0 Å². The number of carbonyl (C=O) groups excluding carboxylic acids is 2. The lowest BCUT2D eigenvalue weighted by atomic mass is 10.1. The molecule has 6 nitrogen and oxygen atoms in total. The van der Waals surface area contributed by atoms with E-state index in [0.717, 1.165) is 13.1 Å². The molecule has 1 aromatic carbocycles. The standard InChI is InChI=1S/C18H28N4O2/c1-14(2)17(19)18(24)20-9-8-16(23)22-12-10-21(11-13-22)15-6-4-3-5-7-15/h3-7,14,17H,8-13,19H2,1-2H3,(H,20,24)/t17-/m0/s1. The molecule has 132 valence electrons. The van der Waals surface area contributed by atoms with Crippen molar-refractivity contribution in [1.82, 2.24) is 10.2 Å². The van der Waals surface area contributed by atoms with Gasteiger partial charge in [0.2, 0.25) is 11.8 Å². The molecule has 0 radical (unpaired) electrons. The number of benzene rings is 1. The van der Waals surface area contributed by atoms with Gasteiger partial charge in [0.25, 0.3) is 0 Å². The lowest BCUT2D eigenvalue weighted by molar-refractivity contribution is -0.131.